The van der Waals surface area contributed by atoms with E-state index in [1.807, 2.05) is 30.3 Å². The molecule has 0 saturated carbocycles. The SMILES string of the molecule is COc1ccc(C(=O)N[C@H]2C[C@H]3C(=O)Nc4ccc(-c5ccc(OC)cc5)cc4C(=O)N3C2)cc1. The van der Waals surface area contributed by atoms with Crippen LogP contribution >= 0.6 is 0 Å². The van der Waals surface area contributed by atoms with Crippen molar-refractivity contribution in [1.82, 2.24) is 10.2 Å². The van der Waals surface area contributed by atoms with Gasteiger partial charge in [-0.25, -0.2) is 0 Å². The zero-order valence-corrected chi connectivity index (χ0v) is 19.4. The Balaban J connectivity index is 1.36. The van der Waals surface area contributed by atoms with Gasteiger partial charge in [-0.05, 0) is 66.1 Å². The lowest BCUT2D eigenvalue weighted by Crippen LogP contribution is -2.41. The predicted molar refractivity (Wildman–Crippen MR) is 131 cm³/mol. The largest absolute Gasteiger partial charge is 0.497 e. The smallest absolute Gasteiger partial charge is 0.256 e. The van der Waals surface area contributed by atoms with Gasteiger partial charge >= 0.3 is 0 Å². The molecule has 0 bridgehead atoms. The third-order valence-corrected chi connectivity index (χ3v) is 6.48. The predicted octanol–water partition coefficient (Wildman–Crippen LogP) is 3.34. The maximum Gasteiger partial charge on any atom is 0.256 e. The van der Waals surface area contributed by atoms with Gasteiger partial charge in [0.05, 0.1) is 25.5 Å². The Morgan fingerprint density at radius 3 is 2.20 bits per heavy atom. The number of nitrogens with one attached hydrogen (secondary N) is 2. The Labute approximate surface area is 202 Å². The van der Waals surface area contributed by atoms with Crippen LogP contribution in [0.3, 0.4) is 0 Å². The maximum atomic E-state index is 13.5. The van der Waals surface area contributed by atoms with E-state index in [1.54, 1.807) is 55.5 Å². The monoisotopic (exact) mass is 471 g/mol. The third kappa shape index (κ3) is 4.30. The summed E-state index contributed by atoms with van der Waals surface area (Å²) in [5, 5.41) is 5.85. The number of anilines is 1. The van der Waals surface area contributed by atoms with Gasteiger partial charge in [0.15, 0.2) is 0 Å². The minimum atomic E-state index is -0.652. The second kappa shape index (κ2) is 9.13. The van der Waals surface area contributed by atoms with E-state index in [2.05, 4.69) is 10.6 Å². The first-order valence-electron chi connectivity index (χ1n) is 11.3. The van der Waals surface area contributed by atoms with Crippen molar-refractivity contribution in [3.05, 3.63) is 77.9 Å². The second-order valence-corrected chi connectivity index (χ2v) is 8.59. The Hall–Kier alpha value is -4.33. The summed E-state index contributed by atoms with van der Waals surface area (Å²) in [5.74, 6) is 0.654. The summed E-state index contributed by atoms with van der Waals surface area (Å²) in [7, 11) is 3.17. The van der Waals surface area contributed by atoms with Crippen LogP contribution in [0.5, 0.6) is 11.5 Å². The molecule has 1 saturated heterocycles. The van der Waals surface area contributed by atoms with Crippen LogP contribution in [0.25, 0.3) is 11.1 Å². The van der Waals surface area contributed by atoms with E-state index >= 15 is 0 Å². The Bertz CT molecular complexity index is 1290. The number of ether oxygens (including phenoxy) is 2. The molecule has 8 nitrogen and oxygen atoms in total. The van der Waals surface area contributed by atoms with Crippen molar-refractivity contribution < 1.29 is 23.9 Å². The number of methoxy groups -OCH3 is 2. The molecule has 0 radical (unpaired) electrons. The van der Waals surface area contributed by atoms with Gasteiger partial charge in [0.2, 0.25) is 5.91 Å². The lowest BCUT2D eigenvalue weighted by atomic mass is 10.0. The van der Waals surface area contributed by atoms with Crippen molar-refractivity contribution in [2.45, 2.75) is 18.5 Å². The normalized spacial score (nSPS) is 18.7. The molecule has 35 heavy (non-hydrogen) atoms. The number of fused-ring (bicyclic) bond motifs is 2. The van der Waals surface area contributed by atoms with Crippen molar-refractivity contribution in [2.24, 2.45) is 0 Å². The van der Waals surface area contributed by atoms with Crippen LogP contribution in [0, 0.1) is 0 Å². The molecule has 0 spiro atoms. The van der Waals surface area contributed by atoms with Crippen molar-refractivity contribution in [1.29, 1.82) is 0 Å². The van der Waals surface area contributed by atoms with Gasteiger partial charge in [-0.3, -0.25) is 14.4 Å². The molecule has 2 heterocycles. The Morgan fingerprint density at radius 1 is 0.914 bits per heavy atom. The summed E-state index contributed by atoms with van der Waals surface area (Å²) < 4.78 is 10.4. The number of hydrogen-bond donors (Lipinski definition) is 2. The highest BCUT2D eigenvalue weighted by molar-refractivity contribution is 6.11. The van der Waals surface area contributed by atoms with Crippen molar-refractivity contribution in [2.75, 3.05) is 26.1 Å². The summed E-state index contributed by atoms with van der Waals surface area (Å²) in [6.45, 7) is 0.255. The van der Waals surface area contributed by atoms with Crippen molar-refractivity contribution >= 4 is 23.4 Å². The van der Waals surface area contributed by atoms with E-state index in [4.69, 9.17) is 9.47 Å². The molecule has 0 aliphatic carbocycles. The van der Waals surface area contributed by atoms with E-state index in [0.29, 0.717) is 29.0 Å². The maximum absolute atomic E-state index is 13.5. The molecule has 3 aromatic rings. The van der Waals surface area contributed by atoms with Gasteiger partial charge in [0.25, 0.3) is 11.8 Å². The fraction of sp³-hybridized carbons (Fsp3) is 0.222. The minimum absolute atomic E-state index is 0.236. The Morgan fingerprint density at radius 2 is 1.54 bits per heavy atom. The average molecular weight is 472 g/mol. The minimum Gasteiger partial charge on any atom is -0.497 e. The summed E-state index contributed by atoms with van der Waals surface area (Å²) in [6.07, 6.45) is 0.346. The summed E-state index contributed by atoms with van der Waals surface area (Å²) in [4.78, 5) is 40.7. The summed E-state index contributed by atoms with van der Waals surface area (Å²) >= 11 is 0. The number of nitrogens with zero attached hydrogens (tertiary/aromatic N) is 1. The number of benzene rings is 3. The van der Waals surface area contributed by atoms with Gasteiger partial charge < -0.3 is 25.0 Å². The molecule has 5 rings (SSSR count). The fourth-order valence-corrected chi connectivity index (χ4v) is 4.59. The third-order valence-electron chi connectivity index (χ3n) is 6.48. The molecule has 2 aliphatic rings. The van der Waals surface area contributed by atoms with Crippen LogP contribution < -0.4 is 20.1 Å². The van der Waals surface area contributed by atoms with Crippen LogP contribution in [0.15, 0.2) is 66.7 Å². The highest BCUT2D eigenvalue weighted by Gasteiger charge is 2.43. The van der Waals surface area contributed by atoms with Gasteiger partial charge in [0.1, 0.15) is 17.5 Å². The first-order valence-corrected chi connectivity index (χ1v) is 11.3. The fourth-order valence-electron chi connectivity index (χ4n) is 4.59. The van der Waals surface area contributed by atoms with Crippen LogP contribution in [-0.2, 0) is 4.79 Å². The lowest BCUT2D eigenvalue weighted by molar-refractivity contribution is -0.119. The van der Waals surface area contributed by atoms with Crippen molar-refractivity contribution in [3.8, 4) is 22.6 Å². The molecule has 3 aromatic carbocycles. The lowest BCUT2D eigenvalue weighted by Gasteiger charge is -2.20. The highest BCUT2D eigenvalue weighted by atomic mass is 16.5. The molecule has 2 atom stereocenters. The number of hydrogen-bond acceptors (Lipinski definition) is 5. The van der Waals surface area contributed by atoms with E-state index in [9.17, 15) is 14.4 Å². The van der Waals surface area contributed by atoms with Gasteiger partial charge in [0, 0.05) is 18.2 Å². The molecule has 2 N–H and O–H groups in total. The van der Waals surface area contributed by atoms with Crippen molar-refractivity contribution in [3.63, 3.8) is 0 Å². The first-order chi connectivity index (χ1) is 17.0. The van der Waals surface area contributed by atoms with Crippen LogP contribution in [0.1, 0.15) is 27.1 Å². The molecule has 178 valence electrons. The molecule has 3 amide bonds. The zero-order valence-electron chi connectivity index (χ0n) is 19.4. The molecule has 1 fully saturated rings. The quantitative estimate of drug-likeness (QED) is 0.595. The molecule has 0 aromatic heterocycles. The standard InChI is InChI=1S/C27H25N3O5/c1-34-20-8-3-16(4-9-20)18-7-12-23-22(13-18)27(33)30-15-19(14-24(30)26(32)29-23)28-25(31)17-5-10-21(35-2)11-6-17/h3-13,19,24H,14-15H2,1-2H3,(H,28,31)(H,29,32)/t19-,24-/m0/s1. The van der Waals surface area contributed by atoms with E-state index < -0.39 is 6.04 Å². The van der Waals surface area contributed by atoms with Crippen LogP contribution in [-0.4, -0.2) is 55.5 Å². The molecular weight excluding hydrogens is 446 g/mol. The summed E-state index contributed by atoms with van der Waals surface area (Å²) in [6, 6.07) is 18.8. The molecule has 8 heteroatoms. The highest BCUT2D eigenvalue weighted by Crippen LogP contribution is 2.32. The molecular formula is C27H25N3O5. The first kappa shape index (κ1) is 22.5. The van der Waals surface area contributed by atoms with E-state index in [-0.39, 0.29) is 30.3 Å². The summed E-state index contributed by atoms with van der Waals surface area (Å²) in [5.41, 5.74) is 3.19. The van der Waals surface area contributed by atoms with E-state index in [1.165, 1.54) is 0 Å². The van der Waals surface area contributed by atoms with Crippen LogP contribution in [0.4, 0.5) is 5.69 Å². The number of carbonyl (C=O) groups excluding carboxylic acids is 3. The average Bonchev–Trinajstić information content (AvgIpc) is 3.29. The number of rotatable bonds is 5. The zero-order chi connectivity index (χ0) is 24.5. The second-order valence-electron chi connectivity index (χ2n) is 8.59. The Kier molecular flexibility index (Phi) is 5.86. The molecule has 2 aliphatic heterocycles. The van der Waals surface area contributed by atoms with Crippen LogP contribution in [0.2, 0.25) is 0 Å². The number of carbonyl (C=O) groups is 3. The van der Waals surface area contributed by atoms with E-state index in [0.717, 1.165) is 16.9 Å². The van der Waals surface area contributed by atoms with Gasteiger partial charge in [-0.1, -0.05) is 18.2 Å². The topological polar surface area (TPSA) is 97.0 Å². The van der Waals surface area contributed by atoms with Gasteiger partial charge in [-0.2, -0.15) is 0 Å². The molecule has 0 unspecified atom stereocenters. The van der Waals surface area contributed by atoms with Gasteiger partial charge in [-0.15, -0.1) is 0 Å². The number of amides is 3.